The van der Waals surface area contributed by atoms with Crippen LogP contribution in [0.5, 0.6) is 0 Å². The second-order valence-corrected chi connectivity index (χ2v) is 5.19. The van der Waals surface area contributed by atoms with Crippen molar-refractivity contribution >= 4 is 34.7 Å². The average Bonchev–Trinajstić information content (AvgIpc) is 2.99. The Morgan fingerprint density at radius 3 is 2.81 bits per heavy atom. The highest BCUT2D eigenvalue weighted by molar-refractivity contribution is 7.11. The maximum Gasteiger partial charge on any atom is 0.365 e. The lowest BCUT2D eigenvalue weighted by Crippen LogP contribution is -2.29. The molecule has 8 heteroatoms. The van der Waals surface area contributed by atoms with E-state index in [1.165, 1.54) is 11.4 Å². The van der Waals surface area contributed by atoms with E-state index in [0.29, 0.717) is 5.69 Å². The highest BCUT2D eigenvalue weighted by Gasteiger charge is 2.36. The SMILES string of the molecule is O=C(O)c1nc(CN2C(=O)C(=O)c3ccc(F)cc32)cs1. The summed E-state index contributed by atoms with van der Waals surface area (Å²) in [6, 6.07) is 3.47. The van der Waals surface area contributed by atoms with Crippen molar-refractivity contribution in [3.63, 3.8) is 0 Å². The summed E-state index contributed by atoms with van der Waals surface area (Å²) in [5.74, 6) is -3.22. The predicted octanol–water partition coefficient (Wildman–Crippen LogP) is 1.71. The summed E-state index contributed by atoms with van der Waals surface area (Å²) in [6.45, 7) is -0.0786. The molecule has 0 unspecified atom stereocenters. The van der Waals surface area contributed by atoms with Gasteiger partial charge in [0.05, 0.1) is 23.5 Å². The zero-order chi connectivity index (χ0) is 15.1. The Hall–Kier alpha value is -2.61. The summed E-state index contributed by atoms with van der Waals surface area (Å²) in [7, 11) is 0. The van der Waals surface area contributed by atoms with E-state index in [4.69, 9.17) is 5.11 Å². The summed E-state index contributed by atoms with van der Waals surface area (Å²) in [5, 5.41) is 10.2. The Bertz CT molecular complexity index is 786. The minimum atomic E-state index is -1.17. The van der Waals surface area contributed by atoms with Crippen LogP contribution in [0.25, 0.3) is 0 Å². The normalized spacial score (nSPS) is 13.7. The molecule has 0 saturated carbocycles. The summed E-state index contributed by atoms with van der Waals surface area (Å²) in [4.78, 5) is 39.4. The van der Waals surface area contributed by atoms with Gasteiger partial charge in [0.25, 0.3) is 11.7 Å². The lowest BCUT2D eigenvalue weighted by Gasteiger charge is -2.14. The van der Waals surface area contributed by atoms with Gasteiger partial charge < -0.3 is 5.11 Å². The van der Waals surface area contributed by atoms with E-state index in [1.807, 2.05) is 0 Å². The van der Waals surface area contributed by atoms with Crippen molar-refractivity contribution in [1.29, 1.82) is 0 Å². The molecule has 1 aliphatic rings. The van der Waals surface area contributed by atoms with Gasteiger partial charge in [0, 0.05) is 5.38 Å². The van der Waals surface area contributed by atoms with Crippen LogP contribution in [0.3, 0.4) is 0 Å². The molecule has 0 radical (unpaired) electrons. The molecule has 1 aliphatic heterocycles. The van der Waals surface area contributed by atoms with Gasteiger partial charge in [0.1, 0.15) is 5.82 Å². The molecule has 1 aromatic carbocycles. The van der Waals surface area contributed by atoms with Crippen LogP contribution < -0.4 is 4.90 Å². The third kappa shape index (κ3) is 2.19. The second kappa shape index (κ2) is 4.74. The number of nitrogens with zero attached hydrogens (tertiary/aromatic N) is 2. The molecule has 1 N–H and O–H groups in total. The largest absolute Gasteiger partial charge is 0.476 e. The zero-order valence-corrected chi connectivity index (χ0v) is 11.2. The molecule has 0 aliphatic carbocycles. The van der Waals surface area contributed by atoms with E-state index in [2.05, 4.69) is 4.98 Å². The standard InChI is InChI=1S/C13H7FN2O4S/c14-6-1-2-8-9(3-6)16(12(18)10(8)17)4-7-5-21-11(15-7)13(19)20/h1-3,5H,4H2,(H,19,20). The lowest BCUT2D eigenvalue weighted by atomic mass is 10.1. The minimum Gasteiger partial charge on any atom is -0.476 e. The lowest BCUT2D eigenvalue weighted by molar-refractivity contribution is -0.114. The Balaban J connectivity index is 1.95. The van der Waals surface area contributed by atoms with Crippen LogP contribution in [-0.2, 0) is 11.3 Å². The molecule has 0 bridgehead atoms. The molecule has 0 spiro atoms. The van der Waals surface area contributed by atoms with Crippen LogP contribution in [0.2, 0.25) is 0 Å². The third-order valence-electron chi connectivity index (χ3n) is 2.99. The van der Waals surface area contributed by atoms with Crippen molar-refractivity contribution in [1.82, 2.24) is 4.98 Å². The molecule has 6 nitrogen and oxygen atoms in total. The van der Waals surface area contributed by atoms with Crippen molar-refractivity contribution in [2.24, 2.45) is 0 Å². The summed E-state index contributed by atoms with van der Waals surface area (Å²) < 4.78 is 13.3. The van der Waals surface area contributed by atoms with Crippen LogP contribution in [0, 0.1) is 5.82 Å². The highest BCUT2D eigenvalue weighted by Crippen LogP contribution is 2.31. The molecule has 2 heterocycles. The first-order valence-electron chi connectivity index (χ1n) is 5.81. The quantitative estimate of drug-likeness (QED) is 0.872. The van der Waals surface area contributed by atoms with Crippen LogP contribution in [0.1, 0.15) is 25.9 Å². The van der Waals surface area contributed by atoms with Crippen molar-refractivity contribution in [3.8, 4) is 0 Å². The number of halogens is 1. The number of carbonyl (C=O) groups excluding carboxylic acids is 2. The summed E-state index contributed by atoms with van der Waals surface area (Å²) in [5.41, 5.74) is 0.639. The number of aromatic carboxylic acids is 1. The number of benzene rings is 1. The summed E-state index contributed by atoms with van der Waals surface area (Å²) >= 11 is 0.920. The number of anilines is 1. The summed E-state index contributed by atoms with van der Waals surface area (Å²) in [6.07, 6.45) is 0. The maximum atomic E-state index is 13.3. The Kier molecular flexibility index (Phi) is 3.02. The van der Waals surface area contributed by atoms with E-state index < -0.39 is 23.5 Å². The van der Waals surface area contributed by atoms with Gasteiger partial charge in [-0.2, -0.15) is 0 Å². The molecule has 21 heavy (non-hydrogen) atoms. The van der Waals surface area contributed by atoms with Gasteiger partial charge in [-0.15, -0.1) is 11.3 Å². The molecule has 3 rings (SSSR count). The van der Waals surface area contributed by atoms with Crippen molar-refractivity contribution in [2.45, 2.75) is 6.54 Å². The molecule has 1 amide bonds. The molecule has 106 valence electrons. The van der Waals surface area contributed by atoms with Gasteiger partial charge in [-0.05, 0) is 18.2 Å². The first kappa shape index (κ1) is 13.4. The Morgan fingerprint density at radius 1 is 1.38 bits per heavy atom. The second-order valence-electron chi connectivity index (χ2n) is 4.33. The molecule has 0 atom stereocenters. The fourth-order valence-electron chi connectivity index (χ4n) is 2.06. The van der Waals surface area contributed by atoms with Gasteiger partial charge in [-0.25, -0.2) is 14.2 Å². The number of Topliss-reactive ketones (excluding diaryl/α,β-unsaturated/α-hetero) is 1. The minimum absolute atomic E-state index is 0.0786. The van der Waals surface area contributed by atoms with E-state index in [1.54, 1.807) is 0 Å². The number of hydrogen-bond donors (Lipinski definition) is 1. The smallest absolute Gasteiger partial charge is 0.365 e. The van der Waals surface area contributed by atoms with Gasteiger partial charge in [0.2, 0.25) is 5.01 Å². The van der Waals surface area contributed by atoms with E-state index in [-0.39, 0.29) is 22.8 Å². The zero-order valence-electron chi connectivity index (χ0n) is 10.4. The van der Waals surface area contributed by atoms with Crippen LogP contribution in [0.4, 0.5) is 10.1 Å². The number of fused-ring (bicyclic) bond motifs is 1. The monoisotopic (exact) mass is 306 g/mol. The third-order valence-corrected chi connectivity index (χ3v) is 3.87. The fraction of sp³-hybridized carbons (Fsp3) is 0.0769. The van der Waals surface area contributed by atoms with Gasteiger partial charge >= 0.3 is 5.97 Å². The van der Waals surface area contributed by atoms with Crippen LogP contribution in [0.15, 0.2) is 23.6 Å². The van der Waals surface area contributed by atoms with E-state index in [9.17, 15) is 18.8 Å². The number of hydrogen-bond acceptors (Lipinski definition) is 5. The van der Waals surface area contributed by atoms with Crippen molar-refractivity contribution < 1.29 is 23.9 Å². The average molecular weight is 306 g/mol. The topological polar surface area (TPSA) is 87.6 Å². The number of aromatic nitrogens is 1. The molecule has 0 fully saturated rings. The molecular weight excluding hydrogens is 299 g/mol. The first-order valence-corrected chi connectivity index (χ1v) is 6.69. The molecule has 0 saturated heterocycles. The van der Waals surface area contributed by atoms with Gasteiger partial charge in [0.15, 0.2) is 0 Å². The number of carboxylic acid groups (broad SMARTS) is 1. The van der Waals surface area contributed by atoms with Crippen molar-refractivity contribution in [2.75, 3.05) is 4.90 Å². The Morgan fingerprint density at radius 2 is 2.14 bits per heavy atom. The van der Waals surface area contributed by atoms with Crippen molar-refractivity contribution in [3.05, 3.63) is 45.7 Å². The predicted molar refractivity (Wildman–Crippen MR) is 71.0 cm³/mol. The Labute approximate surface area is 121 Å². The molecule has 1 aromatic heterocycles. The number of carbonyl (C=O) groups is 3. The van der Waals surface area contributed by atoms with E-state index in [0.717, 1.165) is 28.4 Å². The fourth-order valence-corrected chi connectivity index (χ4v) is 2.71. The molecule has 2 aromatic rings. The van der Waals surface area contributed by atoms with Crippen LogP contribution in [-0.4, -0.2) is 27.8 Å². The first-order chi connectivity index (χ1) is 9.97. The van der Waals surface area contributed by atoms with E-state index >= 15 is 0 Å². The number of thiazole rings is 1. The number of carboxylic acids is 1. The highest BCUT2D eigenvalue weighted by atomic mass is 32.1. The number of rotatable bonds is 3. The van der Waals surface area contributed by atoms with Gasteiger partial charge in [-0.1, -0.05) is 0 Å². The van der Waals surface area contributed by atoms with Gasteiger partial charge in [-0.3, -0.25) is 14.5 Å². The number of ketones is 1. The molecular formula is C13H7FN2O4S. The maximum absolute atomic E-state index is 13.3. The van der Waals surface area contributed by atoms with Crippen LogP contribution >= 0.6 is 11.3 Å². The number of amides is 1.